The van der Waals surface area contributed by atoms with Crippen LogP contribution < -0.4 is 5.43 Å². The van der Waals surface area contributed by atoms with Gasteiger partial charge in [-0.25, -0.2) is 4.79 Å². The van der Waals surface area contributed by atoms with Gasteiger partial charge in [-0.05, 0) is 31.0 Å². The van der Waals surface area contributed by atoms with Crippen LogP contribution >= 0.6 is 11.8 Å². The third kappa shape index (κ3) is 1.85. The Morgan fingerprint density at radius 3 is 2.95 bits per heavy atom. The molecule has 0 unspecified atom stereocenters. The molecule has 1 aliphatic rings. The highest BCUT2D eigenvalue weighted by Gasteiger charge is 2.18. The molecular formula is C14H13NO3S. The topological polar surface area (TPSA) is 59.3 Å². The number of aryl methyl sites for hydroxylation is 2. The van der Waals surface area contributed by atoms with Gasteiger partial charge in [0, 0.05) is 28.8 Å². The first-order chi connectivity index (χ1) is 9.11. The number of hydrogen-bond acceptors (Lipinski definition) is 3. The zero-order valence-corrected chi connectivity index (χ0v) is 11.3. The van der Waals surface area contributed by atoms with Crippen LogP contribution in [0.3, 0.4) is 0 Å². The Kier molecular flexibility index (Phi) is 2.86. The monoisotopic (exact) mass is 275 g/mol. The minimum atomic E-state index is -1.16. The molecule has 98 valence electrons. The second kappa shape index (κ2) is 4.42. The SMILES string of the molecule is CCn1cc(C(=O)O)c(=O)c2cc3c(cc21)SCC3. The number of pyridine rings is 1. The van der Waals surface area contributed by atoms with Crippen molar-refractivity contribution < 1.29 is 9.90 Å². The summed E-state index contributed by atoms with van der Waals surface area (Å²) in [5.74, 6) is -0.137. The van der Waals surface area contributed by atoms with E-state index in [4.69, 9.17) is 5.11 Å². The van der Waals surface area contributed by atoms with Gasteiger partial charge >= 0.3 is 5.97 Å². The van der Waals surface area contributed by atoms with Gasteiger partial charge in [0.05, 0.1) is 5.52 Å². The summed E-state index contributed by atoms with van der Waals surface area (Å²) in [7, 11) is 0. The number of carboxylic acid groups (broad SMARTS) is 1. The van der Waals surface area contributed by atoms with Crippen molar-refractivity contribution >= 4 is 28.6 Å². The van der Waals surface area contributed by atoms with E-state index in [2.05, 4.69) is 0 Å². The second-order valence-corrected chi connectivity index (χ2v) is 5.68. The van der Waals surface area contributed by atoms with E-state index in [0.29, 0.717) is 11.9 Å². The fourth-order valence-corrected chi connectivity index (χ4v) is 3.56. The van der Waals surface area contributed by atoms with E-state index in [1.54, 1.807) is 11.8 Å². The average molecular weight is 275 g/mol. The lowest BCUT2D eigenvalue weighted by Crippen LogP contribution is -2.18. The van der Waals surface area contributed by atoms with E-state index in [-0.39, 0.29) is 11.0 Å². The molecule has 2 heterocycles. The number of benzene rings is 1. The number of aromatic carboxylic acids is 1. The number of fused-ring (bicyclic) bond motifs is 2. The second-order valence-electron chi connectivity index (χ2n) is 4.54. The fraction of sp³-hybridized carbons (Fsp3) is 0.286. The van der Waals surface area contributed by atoms with Crippen LogP contribution in [0, 0.1) is 0 Å². The van der Waals surface area contributed by atoms with Crippen LogP contribution in [0.1, 0.15) is 22.8 Å². The van der Waals surface area contributed by atoms with Gasteiger partial charge in [0.25, 0.3) is 0 Å². The predicted molar refractivity (Wildman–Crippen MR) is 75.3 cm³/mol. The number of aromatic nitrogens is 1. The summed E-state index contributed by atoms with van der Waals surface area (Å²) >= 11 is 1.79. The molecule has 3 rings (SSSR count). The Labute approximate surface area is 114 Å². The van der Waals surface area contributed by atoms with Crippen LogP contribution in [0.25, 0.3) is 10.9 Å². The summed E-state index contributed by atoms with van der Waals surface area (Å²) in [4.78, 5) is 24.6. The number of rotatable bonds is 2. The van der Waals surface area contributed by atoms with Gasteiger partial charge in [0.2, 0.25) is 5.43 Å². The largest absolute Gasteiger partial charge is 0.477 e. The number of thioether (sulfide) groups is 1. The predicted octanol–water partition coefficient (Wildman–Crippen LogP) is 2.37. The molecule has 0 saturated carbocycles. The lowest BCUT2D eigenvalue weighted by Gasteiger charge is -2.11. The van der Waals surface area contributed by atoms with Crippen molar-refractivity contribution in [1.29, 1.82) is 0 Å². The lowest BCUT2D eigenvalue weighted by molar-refractivity contribution is 0.0695. The molecule has 1 N–H and O–H groups in total. The molecule has 0 aliphatic carbocycles. The molecule has 2 aromatic rings. The minimum Gasteiger partial charge on any atom is -0.477 e. The summed E-state index contributed by atoms with van der Waals surface area (Å²) in [6, 6.07) is 3.88. The maximum atomic E-state index is 12.2. The molecule has 1 aliphatic heterocycles. The molecule has 0 bridgehead atoms. The van der Waals surface area contributed by atoms with Crippen molar-refractivity contribution in [3.8, 4) is 0 Å². The van der Waals surface area contributed by atoms with Gasteiger partial charge < -0.3 is 9.67 Å². The molecule has 0 atom stereocenters. The van der Waals surface area contributed by atoms with Crippen molar-refractivity contribution in [3.63, 3.8) is 0 Å². The number of carbonyl (C=O) groups is 1. The highest BCUT2D eigenvalue weighted by atomic mass is 32.2. The van der Waals surface area contributed by atoms with Crippen molar-refractivity contribution in [1.82, 2.24) is 4.57 Å². The molecule has 0 amide bonds. The van der Waals surface area contributed by atoms with E-state index in [0.717, 1.165) is 23.3 Å². The Hall–Kier alpha value is -1.75. The molecule has 19 heavy (non-hydrogen) atoms. The van der Waals surface area contributed by atoms with Gasteiger partial charge in [-0.2, -0.15) is 0 Å². The Morgan fingerprint density at radius 2 is 2.26 bits per heavy atom. The first-order valence-corrected chi connectivity index (χ1v) is 7.16. The average Bonchev–Trinajstić information content (AvgIpc) is 2.84. The minimum absolute atomic E-state index is 0.153. The molecule has 1 aromatic heterocycles. The van der Waals surface area contributed by atoms with E-state index in [1.165, 1.54) is 11.1 Å². The smallest absolute Gasteiger partial charge is 0.341 e. The van der Waals surface area contributed by atoms with Gasteiger partial charge in [-0.3, -0.25) is 4.79 Å². The first kappa shape index (κ1) is 12.3. The van der Waals surface area contributed by atoms with Crippen LogP contribution in [0.5, 0.6) is 0 Å². The van der Waals surface area contributed by atoms with E-state index in [9.17, 15) is 9.59 Å². The molecular weight excluding hydrogens is 262 g/mol. The lowest BCUT2D eigenvalue weighted by atomic mass is 10.1. The standard InChI is InChI=1S/C14H13NO3S/c1-2-15-7-10(14(17)18)13(16)9-5-8-3-4-19-12(8)6-11(9)15/h5-7H,2-4H2,1H3,(H,17,18). The highest BCUT2D eigenvalue weighted by molar-refractivity contribution is 7.99. The highest BCUT2D eigenvalue weighted by Crippen LogP contribution is 2.33. The third-order valence-corrected chi connectivity index (χ3v) is 4.56. The number of hydrogen-bond donors (Lipinski definition) is 1. The maximum Gasteiger partial charge on any atom is 0.341 e. The van der Waals surface area contributed by atoms with Crippen LogP contribution in [0.15, 0.2) is 28.0 Å². The Morgan fingerprint density at radius 1 is 1.47 bits per heavy atom. The molecule has 0 fully saturated rings. The fourth-order valence-electron chi connectivity index (χ4n) is 2.48. The number of carboxylic acids is 1. The molecule has 0 spiro atoms. The van der Waals surface area contributed by atoms with Crippen molar-refractivity contribution in [3.05, 3.63) is 39.7 Å². The molecule has 5 heteroatoms. The van der Waals surface area contributed by atoms with Crippen LogP contribution in [0.2, 0.25) is 0 Å². The summed E-state index contributed by atoms with van der Waals surface area (Å²) < 4.78 is 1.83. The Bertz CT molecular complexity index is 748. The van der Waals surface area contributed by atoms with E-state index < -0.39 is 5.97 Å². The van der Waals surface area contributed by atoms with Gasteiger partial charge in [-0.1, -0.05) is 0 Å². The van der Waals surface area contributed by atoms with E-state index >= 15 is 0 Å². The van der Waals surface area contributed by atoms with Crippen LogP contribution in [-0.2, 0) is 13.0 Å². The van der Waals surface area contributed by atoms with Gasteiger partial charge in [-0.15, -0.1) is 11.8 Å². The maximum absolute atomic E-state index is 12.2. The molecule has 0 saturated heterocycles. The van der Waals surface area contributed by atoms with Crippen molar-refractivity contribution in [2.75, 3.05) is 5.75 Å². The summed E-state index contributed by atoms with van der Waals surface area (Å²) in [6.07, 6.45) is 2.39. The summed E-state index contributed by atoms with van der Waals surface area (Å²) in [5, 5.41) is 9.64. The summed E-state index contributed by atoms with van der Waals surface area (Å²) in [5.41, 5.74) is 1.44. The molecule has 0 radical (unpaired) electrons. The van der Waals surface area contributed by atoms with E-state index in [1.807, 2.05) is 23.6 Å². The zero-order valence-electron chi connectivity index (χ0n) is 10.5. The van der Waals surface area contributed by atoms with Crippen molar-refractivity contribution in [2.24, 2.45) is 0 Å². The number of nitrogens with zero attached hydrogens (tertiary/aromatic N) is 1. The van der Waals surface area contributed by atoms with Crippen molar-refractivity contribution in [2.45, 2.75) is 24.8 Å². The third-order valence-electron chi connectivity index (χ3n) is 3.46. The summed E-state index contributed by atoms with van der Waals surface area (Å²) in [6.45, 7) is 2.58. The Balaban J connectivity index is 2.43. The molecule has 4 nitrogen and oxygen atoms in total. The molecule has 1 aromatic carbocycles. The van der Waals surface area contributed by atoms with Crippen LogP contribution in [-0.4, -0.2) is 21.4 Å². The van der Waals surface area contributed by atoms with Gasteiger partial charge in [0.1, 0.15) is 5.56 Å². The van der Waals surface area contributed by atoms with Gasteiger partial charge in [0.15, 0.2) is 0 Å². The normalized spacial score (nSPS) is 13.7. The zero-order chi connectivity index (χ0) is 13.6. The first-order valence-electron chi connectivity index (χ1n) is 6.18. The van der Waals surface area contributed by atoms with Crippen LogP contribution in [0.4, 0.5) is 0 Å². The quantitative estimate of drug-likeness (QED) is 0.914.